The van der Waals surface area contributed by atoms with Crippen molar-refractivity contribution in [1.82, 2.24) is 10.2 Å². The molecule has 0 aromatic heterocycles. The number of amides is 3. The van der Waals surface area contributed by atoms with Gasteiger partial charge < -0.3 is 25.4 Å². The van der Waals surface area contributed by atoms with Gasteiger partial charge in [-0.15, -0.1) is 0 Å². The number of rotatable bonds is 26. The fourth-order valence-corrected chi connectivity index (χ4v) is 9.69. The SMILES string of the molecule is CCCC(CC(=O)[C@@H]1C[C@@H](CCC(=O)c2ccc(Oc3ccccc3)cc2)CN1C(=O)[C@@H](CC(=O)c1ccccc1OC=O)C1CCCCC1)C(=O)C(=O)CCC(=O)NC(C(N)=O)c1ccccc1. The van der Waals surface area contributed by atoms with Gasteiger partial charge >= 0.3 is 0 Å². The Kier molecular flexibility index (Phi) is 18.8. The maximum Gasteiger partial charge on any atom is 0.298 e. The van der Waals surface area contributed by atoms with Crippen LogP contribution in [0.15, 0.2) is 109 Å². The number of carbonyl (C=O) groups excluding carboxylic acids is 9. The number of nitrogens with two attached hydrogens (primary N) is 1. The predicted octanol–water partition coefficient (Wildman–Crippen LogP) is 8.30. The molecular weight excluding hydrogens is 879 g/mol. The van der Waals surface area contributed by atoms with Crippen molar-refractivity contribution in [3.63, 3.8) is 0 Å². The third-order valence-electron chi connectivity index (χ3n) is 13.3. The summed E-state index contributed by atoms with van der Waals surface area (Å²) in [4.78, 5) is 122. The first-order valence-corrected chi connectivity index (χ1v) is 24.0. The first kappa shape index (κ1) is 51.3. The Morgan fingerprint density at radius 3 is 2.07 bits per heavy atom. The Hall–Kier alpha value is -7.09. The van der Waals surface area contributed by atoms with Crippen LogP contribution in [0.3, 0.4) is 0 Å². The molecule has 6 rings (SSSR count). The second-order valence-electron chi connectivity index (χ2n) is 18.1. The Bertz CT molecular complexity index is 2450. The van der Waals surface area contributed by atoms with E-state index in [1.54, 1.807) is 72.8 Å². The molecule has 3 amide bonds. The standard InChI is InChI=1S/C55H61N3O11/c1-2-14-40(53(65)47(61)29-30-51(64)57-52(54(56)66)39-17-8-4-9-18-39)32-49(63)45-31-36(23-28-46(60)38-24-26-42(27-25-38)69-41-19-10-5-11-20-41)34-58(45)55(67)44(37-15-6-3-7-16-37)33-48(62)43-21-12-13-22-50(43)68-35-59/h4-5,8-13,17-22,24-27,35-37,40,44-45,52H,2-3,6-7,14-16,23,28-34H2,1H3,(H2,56,66)(H,57,64)/t36-,40?,44+,45+,52?/m1/s1. The minimum atomic E-state index is -1.14. The molecule has 362 valence electrons. The van der Waals surface area contributed by atoms with Gasteiger partial charge in [0.2, 0.25) is 23.5 Å². The highest BCUT2D eigenvalue weighted by Crippen LogP contribution is 2.38. The number of carbonyl (C=O) groups is 9. The minimum absolute atomic E-state index is 0.0773. The number of nitrogens with zero attached hydrogens (tertiary/aromatic N) is 1. The normalized spacial score (nSPS) is 17.1. The van der Waals surface area contributed by atoms with E-state index < -0.39 is 65.9 Å². The Labute approximate surface area is 402 Å². The van der Waals surface area contributed by atoms with Crippen LogP contribution in [-0.4, -0.2) is 70.6 Å². The zero-order chi connectivity index (χ0) is 49.3. The van der Waals surface area contributed by atoms with Crippen molar-refractivity contribution < 1.29 is 52.6 Å². The van der Waals surface area contributed by atoms with E-state index in [0.717, 1.165) is 19.3 Å². The largest absolute Gasteiger partial charge is 0.457 e. The Morgan fingerprint density at radius 1 is 0.754 bits per heavy atom. The number of likely N-dealkylation sites (tertiary alicyclic amines) is 1. The molecule has 4 aromatic rings. The van der Waals surface area contributed by atoms with E-state index in [4.69, 9.17) is 15.2 Å². The highest BCUT2D eigenvalue weighted by Gasteiger charge is 2.45. The summed E-state index contributed by atoms with van der Waals surface area (Å²) < 4.78 is 11.0. The maximum atomic E-state index is 15.1. The Balaban J connectivity index is 1.18. The van der Waals surface area contributed by atoms with E-state index >= 15 is 4.79 Å². The van der Waals surface area contributed by atoms with Crippen LogP contribution < -0.4 is 20.5 Å². The predicted molar refractivity (Wildman–Crippen MR) is 256 cm³/mol. The average molecular weight is 940 g/mol. The molecular formula is C55H61N3O11. The van der Waals surface area contributed by atoms with Gasteiger partial charge in [-0.2, -0.15) is 0 Å². The summed E-state index contributed by atoms with van der Waals surface area (Å²) in [5, 5.41) is 2.53. The van der Waals surface area contributed by atoms with Gasteiger partial charge in [0, 0.05) is 56.0 Å². The summed E-state index contributed by atoms with van der Waals surface area (Å²) in [5.41, 5.74) is 6.65. The van der Waals surface area contributed by atoms with Crippen LogP contribution in [-0.2, 0) is 33.6 Å². The summed E-state index contributed by atoms with van der Waals surface area (Å²) >= 11 is 0. The van der Waals surface area contributed by atoms with Gasteiger partial charge in [0.05, 0.1) is 11.6 Å². The van der Waals surface area contributed by atoms with Gasteiger partial charge in [0.25, 0.3) is 6.47 Å². The van der Waals surface area contributed by atoms with Gasteiger partial charge in [0.15, 0.2) is 23.1 Å². The van der Waals surface area contributed by atoms with Crippen LogP contribution in [0, 0.1) is 23.7 Å². The lowest BCUT2D eigenvalue weighted by molar-refractivity contribution is -0.144. The number of hydrogen-bond donors (Lipinski definition) is 2. The molecule has 2 aliphatic rings. The number of ketones is 5. The van der Waals surface area contributed by atoms with Crippen molar-refractivity contribution in [3.05, 3.63) is 126 Å². The van der Waals surface area contributed by atoms with E-state index in [0.29, 0.717) is 48.3 Å². The third-order valence-corrected chi connectivity index (χ3v) is 13.3. The molecule has 1 aliphatic heterocycles. The summed E-state index contributed by atoms with van der Waals surface area (Å²) in [6, 6.07) is 28.7. The topological polar surface area (TPSA) is 213 Å². The van der Waals surface area contributed by atoms with Crippen LogP contribution in [0.1, 0.15) is 129 Å². The molecule has 0 bridgehead atoms. The zero-order valence-electron chi connectivity index (χ0n) is 39.1. The number of Topliss-reactive ketones (excluding diaryl/α,β-unsaturated/α-hetero) is 5. The van der Waals surface area contributed by atoms with E-state index in [9.17, 15) is 38.4 Å². The molecule has 0 radical (unpaired) electrons. The van der Waals surface area contributed by atoms with Crippen LogP contribution in [0.25, 0.3) is 0 Å². The molecule has 1 saturated heterocycles. The molecule has 5 atom stereocenters. The second-order valence-corrected chi connectivity index (χ2v) is 18.1. The van der Waals surface area contributed by atoms with E-state index in [2.05, 4.69) is 5.32 Å². The van der Waals surface area contributed by atoms with E-state index in [-0.39, 0.29) is 85.7 Å². The van der Waals surface area contributed by atoms with Gasteiger partial charge in [-0.1, -0.05) is 93.3 Å². The second kappa shape index (κ2) is 25.3. The van der Waals surface area contributed by atoms with Crippen molar-refractivity contribution in [2.45, 2.75) is 109 Å². The third kappa shape index (κ3) is 14.2. The van der Waals surface area contributed by atoms with Crippen LogP contribution in [0.2, 0.25) is 0 Å². The molecule has 1 heterocycles. The van der Waals surface area contributed by atoms with Crippen molar-refractivity contribution in [2.75, 3.05) is 6.54 Å². The summed E-state index contributed by atoms with van der Waals surface area (Å²) in [5.74, 6) is -5.31. The molecule has 0 spiro atoms. The molecule has 14 heteroatoms. The first-order chi connectivity index (χ1) is 33.4. The van der Waals surface area contributed by atoms with Crippen molar-refractivity contribution in [1.29, 1.82) is 0 Å². The fourth-order valence-electron chi connectivity index (χ4n) is 9.69. The number of primary amides is 1. The summed E-state index contributed by atoms with van der Waals surface area (Å²) in [6.07, 6.45) is 4.16. The van der Waals surface area contributed by atoms with Crippen LogP contribution in [0.4, 0.5) is 0 Å². The van der Waals surface area contributed by atoms with Gasteiger partial charge in [-0.3, -0.25) is 43.2 Å². The van der Waals surface area contributed by atoms with Gasteiger partial charge in [0.1, 0.15) is 23.3 Å². The number of hydrogen-bond acceptors (Lipinski definition) is 11. The average Bonchev–Trinajstić information content (AvgIpc) is 3.81. The zero-order valence-corrected chi connectivity index (χ0v) is 39.1. The van der Waals surface area contributed by atoms with Crippen molar-refractivity contribution >= 4 is 53.1 Å². The molecule has 2 fully saturated rings. The smallest absolute Gasteiger partial charge is 0.298 e. The van der Waals surface area contributed by atoms with Crippen LogP contribution in [0.5, 0.6) is 17.2 Å². The summed E-state index contributed by atoms with van der Waals surface area (Å²) in [6.45, 7) is 2.21. The van der Waals surface area contributed by atoms with Gasteiger partial charge in [-0.25, -0.2) is 0 Å². The summed E-state index contributed by atoms with van der Waals surface area (Å²) in [7, 11) is 0. The number of nitrogens with one attached hydrogen (secondary N) is 1. The molecule has 4 aromatic carbocycles. The maximum absolute atomic E-state index is 15.1. The van der Waals surface area contributed by atoms with E-state index in [1.807, 2.05) is 37.3 Å². The molecule has 14 nitrogen and oxygen atoms in total. The number of benzene rings is 4. The molecule has 69 heavy (non-hydrogen) atoms. The highest BCUT2D eigenvalue weighted by molar-refractivity contribution is 6.38. The quantitative estimate of drug-likeness (QED) is 0.0347. The Morgan fingerprint density at radius 2 is 1.41 bits per heavy atom. The first-order valence-electron chi connectivity index (χ1n) is 24.0. The van der Waals surface area contributed by atoms with E-state index in [1.165, 1.54) is 11.0 Å². The van der Waals surface area contributed by atoms with Gasteiger partial charge in [-0.05, 0) is 98.0 Å². The molecule has 2 unspecified atom stereocenters. The minimum Gasteiger partial charge on any atom is -0.457 e. The highest BCUT2D eigenvalue weighted by atomic mass is 16.5. The fraction of sp³-hybridized carbons (Fsp3) is 0.400. The molecule has 1 aliphatic carbocycles. The lowest BCUT2D eigenvalue weighted by atomic mass is 9.76. The van der Waals surface area contributed by atoms with Crippen molar-refractivity contribution in [2.24, 2.45) is 29.4 Å². The van der Waals surface area contributed by atoms with Crippen molar-refractivity contribution in [3.8, 4) is 17.2 Å². The number of para-hydroxylation sites is 2. The lowest BCUT2D eigenvalue weighted by Gasteiger charge is -2.34. The molecule has 1 saturated carbocycles. The number of ether oxygens (including phenoxy) is 2. The molecule has 3 N–H and O–H groups in total. The monoisotopic (exact) mass is 939 g/mol. The van der Waals surface area contributed by atoms with Crippen LogP contribution >= 0.6 is 0 Å². The lowest BCUT2D eigenvalue weighted by Crippen LogP contribution is -2.46.